The van der Waals surface area contributed by atoms with Gasteiger partial charge in [-0.2, -0.15) is 0 Å². The Kier molecular flexibility index (Phi) is 2.31. The molecular weight excluding hydrogens is 203 g/mol. The van der Waals surface area contributed by atoms with Gasteiger partial charge in [-0.3, -0.25) is 4.79 Å². The van der Waals surface area contributed by atoms with Crippen LogP contribution < -0.4 is 0 Å². The summed E-state index contributed by atoms with van der Waals surface area (Å²) in [6.07, 6.45) is 0.587. The summed E-state index contributed by atoms with van der Waals surface area (Å²) in [7, 11) is 0. The van der Waals surface area contributed by atoms with Crippen LogP contribution in [0, 0.1) is 5.82 Å². The second kappa shape index (κ2) is 3.48. The summed E-state index contributed by atoms with van der Waals surface area (Å²) in [5, 5.41) is 10.6. The van der Waals surface area contributed by atoms with Gasteiger partial charge in [-0.05, 0) is 11.6 Å². The van der Waals surface area contributed by atoms with Crippen molar-refractivity contribution in [2.75, 3.05) is 0 Å². The minimum Gasteiger partial charge on any atom is -0.392 e. The third-order valence-corrected chi connectivity index (χ3v) is 3.03. The Hall–Kier alpha value is -1.26. The van der Waals surface area contributed by atoms with Crippen molar-refractivity contribution in [3.05, 3.63) is 34.5 Å². The van der Waals surface area contributed by atoms with Crippen molar-refractivity contribution in [1.29, 1.82) is 0 Å². The largest absolute Gasteiger partial charge is 0.392 e. The maximum Gasteiger partial charge on any atom is 0.151 e. The number of halogens is 1. The summed E-state index contributed by atoms with van der Waals surface area (Å²) in [4.78, 5) is 10.8. The lowest BCUT2D eigenvalue weighted by atomic mass is 10.1. The topological polar surface area (TPSA) is 37.3 Å². The van der Waals surface area contributed by atoms with Crippen LogP contribution in [0.5, 0.6) is 0 Å². The number of carbonyl (C=O) groups is 1. The summed E-state index contributed by atoms with van der Waals surface area (Å²) >= 11 is 1.25. The summed E-state index contributed by atoms with van der Waals surface area (Å²) < 4.78 is 14.0. The summed E-state index contributed by atoms with van der Waals surface area (Å²) in [6.45, 7) is -0.251. The summed E-state index contributed by atoms with van der Waals surface area (Å²) in [5.74, 6) is -0.401. The van der Waals surface area contributed by atoms with Gasteiger partial charge in [-0.1, -0.05) is 6.07 Å². The number of hydrogen-bond donors (Lipinski definition) is 1. The van der Waals surface area contributed by atoms with E-state index in [2.05, 4.69) is 0 Å². The van der Waals surface area contributed by atoms with Crippen LogP contribution in [0.25, 0.3) is 10.1 Å². The van der Waals surface area contributed by atoms with Gasteiger partial charge in [0.15, 0.2) is 6.29 Å². The molecule has 4 heteroatoms. The molecule has 0 bridgehead atoms. The van der Waals surface area contributed by atoms with E-state index in [0.717, 1.165) is 4.70 Å². The molecule has 72 valence electrons. The quantitative estimate of drug-likeness (QED) is 0.772. The third-order valence-electron chi connectivity index (χ3n) is 2.11. The maximum absolute atomic E-state index is 13.3. The van der Waals surface area contributed by atoms with Gasteiger partial charge in [0.2, 0.25) is 0 Å². The van der Waals surface area contributed by atoms with Gasteiger partial charge in [0.25, 0.3) is 0 Å². The molecule has 2 rings (SSSR count). The Labute approximate surface area is 83.6 Å². The summed E-state index contributed by atoms with van der Waals surface area (Å²) in [5.41, 5.74) is 0.716. The molecule has 0 fully saturated rings. The van der Waals surface area contributed by atoms with Crippen molar-refractivity contribution in [2.45, 2.75) is 6.61 Å². The van der Waals surface area contributed by atoms with Crippen LogP contribution in [0.3, 0.4) is 0 Å². The number of aldehydes is 1. The van der Waals surface area contributed by atoms with Crippen LogP contribution in [0.2, 0.25) is 0 Å². The van der Waals surface area contributed by atoms with E-state index in [-0.39, 0.29) is 12.2 Å². The number of thiophene rings is 1. The monoisotopic (exact) mass is 210 g/mol. The molecule has 0 spiro atoms. The molecule has 1 N–H and O–H groups in total. The first-order chi connectivity index (χ1) is 6.77. The third kappa shape index (κ3) is 1.23. The van der Waals surface area contributed by atoms with Gasteiger partial charge >= 0.3 is 0 Å². The standard InChI is InChI=1S/C10H7FO2S/c11-8-5-14-9-2-1-6(3-12)7(4-13)10(8)9/h1-2,4-5,12H,3H2. The molecule has 1 heterocycles. The van der Waals surface area contributed by atoms with Crippen LogP contribution in [-0.4, -0.2) is 11.4 Å². The van der Waals surface area contributed by atoms with Gasteiger partial charge in [-0.25, -0.2) is 4.39 Å². The van der Waals surface area contributed by atoms with E-state index in [1.54, 1.807) is 12.1 Å². The molecule has 0 atom stereocenters. The molecule has 0 aliphatic carbocycles. The number of hydrogen-bond acceptors (Lipinski definition) is 3. The lowest BCUT2D eigenvalue weighted by Gasteiger charge is -2.01. The van der Waals surface area contributed by atoms with Crippen molar-refractivity contribution in [1.82, 2.24) is 0 Å². The van der Waals surface area contributed by atoms with Crippen molar-refractivity contribution in [3.8, 4) is 0 Å². The van der Waals surface area contributed by atoms with Gasteiger partial charge in [0.05, 0.1) is 6.61 Å². The predicted molar refractivity (Wildman–Crippen MR) is 53.1 cm³/mol. The van der Waals surface area contributed by atoms with Crippen LogP contribution in [-0.2, 0) is 6.61 Å². The van der Waals surface area contributed by atoms with Gasteiger partial charge in [0.1, 0.15) is 5.82 Å². The molecule has 2 aromatic rings. The summed E-state index contributed by atoms with van der Waals surface area (Å²) in [6, 6.07) is 3.35. The molecule has 0 saturated carbocycles. The van der Waals surface area contributed by atoms with Gasteiger partial charge in [0, 0.05) is 21.0 Å². The zero-order valence-corrected chi connectivity index (χ0v) is 7.97. The lowest BCUT2D eigenvalue weighted by Crippen LogP contribution is -1.93. The van der Waals surface area contributed by atoms with E-state index in [0.29, 0.717) is 17.2 Å². The average Bonchev–Trinajstić information content (AvgIpc) is 2.59. The van der Waals surface area contributed by atoms with E-state index in [9.17, 15) is 9.18 Å². The van der Waals surface area contributed by atoms with Crippen molar-refractivity contribution in [3.63, 3.8) is 0 Å². The van der Waals surface area contributed by atoms with Crippen LogP contribution >= 0.6 is 11.3 Å². The number of aliphatic hydroxyl groups is 1. The lowest BCUT2D eigenvalue weighted by molar-refractivity contribution is 0.112. The van der Waals surface area contributed by atoms with Crippen LogP contribution in [0.15, 0.2) is 17.5 Å². The Balaban J connectivity index is 2.87. The van der Waals surface area contributed by atoms with Crippen molar-refractivity contribution >= 4 is 27.7 Å². The van der Waals surface area contributed by atoms with E-state index >= 15 is 0 Å². The first-order valence-electron chi connectivity index (χ1n) is 4.02. The minimum absolute atomic E-state index is 0.251. The first-order valence-corrected chi connectivity index (χ1v) is 4.90. The van der Waals surface area contributed by atoms with Crippen LogP contribution in [0.1, 0.15) is 15.9 Å². The predicted octanol–water partition coefficient (Wildman–Crippen LogP) is 2.35. The highest BCUT2D eigenvalue weighted by molar-refractivity contribution is 7.17. The van der Waals surface area contributed by atoms with E-state index in [1.807, 2.05) is 0 Å². The first kappa shape index (κ1) is 9.30. The Morgan fingerprint density at radius 1 is 1.50 bits per heavy atom. The molecular formula is C10H7FO2S. The molecule has 0 unspecified atom stereocenters. The molecule has 0 radical (unpaired) electrons. The fourth-order valence-electron chi connectivity index (χ4n) is 1.43. The van der Waals surface area contributed by atoms with Gasteiger partial charge in [-0.15, -0.1) is 11.3 Å². The number of fused-ring (bicyclic) bond motifs is 1. The van der Waals surface area contributed by atoms with E-state index in [1.165, 1.54) is 16.7 Å². The van der Waals surface area contributed by atoms with E-state index in [4.69, 9.17) is 5.11 Å². The maximum atomic E-state index is 13.3. The second-order valence-corrected chi connectivity index (χ2v) is 3.78. The Bertz CT molecular complexity index is 490. The fourth-order valence-corrected chi connectivity index (χ4v) is 2.25. The SMILES string of the molecule is O=Cc1c(CO)ccc2scc(F)c12. The molecule has 0 saturated heterocycles. The highest BCUT2D eigenvalue weighted by Crippen LogP contribution is 2.29. The molecule has 2 nitrogen and oxygen atoms in total. The normalized spacial score (nSPS) is 10.7. The smallest absolute Gasteiger partial charge is 0.151 e. The molecule has 1 aromatic heterocycles. The van der Waals surface area contributed by atoms with Crippen molar-refractivity contribution < 1.29 is 14.3 Å². The fraction of sp³-hybridized carbons (Fsp3) is 0.100. The number of carbonyl (C=O) groups excluding carboxylic acids is 1. The second-order valence-electron chi connectivity index (χ2n) is 2.87. The minimum atomic E-state index is -0.401. The molecule has 0 aliphatic heterocycles. The van der Waals surface area contributed by atoms with E-state index < -0.39 is 5.82 Å². The average molecular weight is 210 g/mol. The molecule has 0 aliphatic rings. The molecule has 1 aromatic carbocycles. The van der Waals surface area contributed by atoms with Crippen LogP contribution in [0.4, 0.5) is 4.39 Å². The zero-order valence-electron chi connectivity index (χ0n) is 7.16. The molecule has 14 heavy (non-hydrogen) atoms. The highest BCUT2D eigenvalue weighted by atomic mass is 32.1. The number of aliphatic hydroxyl groups excluding tert-OH is 1. The zero-order chi connectivity index (χ0) is 10.1. The number of rotatable bonds is 2. The molecule has 0 amide bonds. The van der Waals surface area contributed by atoms with Crippen molar-refractivity contribution in [2.24, 2.45) is 0 Å². The Morgan fingerprint density at radius 3 is 2.93 bits per heavy atom. The highest BCUT2D eigenvalue weighted by Gasteiger charge is 2.11. The van der Waals surface area contributed by atoms with Gasteiger partial charge < -0.3 is 5.11 Å². The number of benzene rings is 1. The Morgan fingerprint density at radius 2 is 2.29 bits per heavy atom.